The van der Waals surface area contributed by atoms with Crippen LogP contribution in [0, 0.1) is 5.92 Å². The number of hydrazine groups is 1. The topological polar surface area (TPSA) is 74.2 Å². The van der Waals surface area contributed by atoms with Crippen molar-refractivity contribution in [3.63, 3.8) is 0 Å². The summed E-state index contributed by atoms with van der Waals surface area (Å²) in [6.07, 6.45) is 3.52. The van der Waals surface area contributed by atoms with E-state index in [1.165, 1.54) is 0 Å². The Morgan fingerprint density at radius 3 is 3.19 bits per heavy atom. The molecule has 3 atom stereocenters. The third-order valence-corrected chi connectivity index (χ3v) is 3.49. The van der Waals surface area contributed by atoms with Crippen molar-refractivity contribution in [3.05, 3.63) is 29.6 Å². The number of aryl methyl sites for hydroxylation is 1. The van der Waals surface area contributed by atoms with Gasteiger partial charge in [-0.15, -0.1) is 0 Å². The molecule has 84 valence electrons. The first-order valence-corrected chi connectivity index (χ1v) is 5.45. The van der Waals surface area contributed by atoms with Crippen LogP contribution in [-0.2, 0) is 11.2 Å². The summed E-state index contributed by atoms with van der Waals surface area (Å²) in [7, 11) is 0. The van der Waals surface area contributed by atoms with Crippen molar-refractivity contribution < 1.29 is 9.90 Å². The fourth-order valence-corrected chi connectivity index (χ4v) is 2.72. The number of fused-ring (bicyclic) bond motifs is 3. The Morgan fingerprint density at radius 2 is 2.38 bits per heavy atom. The van der Waals surface area contributed by atoms with Crippen molar-refractivity contribution >= 4 is 5.97 Å². The number of aromatic nitrogens is 1. The van der Waals surface area contributed by atoms with Crippen LogP contribution in [0.4, 0.5) is 0 Å². The second kappa shape index (κ2) is 3.54. The van der Waals surface area contributed by atoms with E-state index in [2.05, 4.69) is 15.8 Å². The molecule has 0 aromatic carbocycles. The van der Waals surface area contributed by atoms with Crippen LogP contribution in [0.1, 0.15) is 23.7 Å². The first kappa shape index (κ1) is 9.74. The fraction of sp³-hybridized carbons (Fsp3) is 0.455. The fourth-order valence-electron chi connectivity index (χ4n) is 2.72. The molecule has 1 fully saturated rings. The Morgan fingerprint density at radius 1 is 1.50 bits per heavy atom. The van der Waals surface area contributed by atoms with E-state index in [4.69, 9.17) is 5.11 Å². The highest BCUT2D eigenvalue weighted by molar-refractivity contribution is 5.74. The number of carboxylic acid groups (broad SMARTS) is 1. The van der Waals surface area contributed by atoms with Gasteiger partial charge in [-0.3, -0.25) is 9.78 Å². The Bertz CT molecular complexity index is 435. The molecule has 0 radical (unpaired) electrons. The molecule has 1 saturated heterocycles. The quantitative estimate of drug-likeness (QED) is 0.631. The van der Waals surface area contributed by atoms with Crippen LogP contribution in [0.25, 0.3) is 0 Å². The molecular formula is C11H13N3O2. The molecule has 0 saturated carbocycles. The van der Waals surface area contributed by atoms with E-state index < -0.39 is 12.0 Å². The van der Waals surface area contributed by atoms with Crippen LogP contribution in [0.15, 0.2) is 18.3 Å². The average Bonchev–Trinajstić information content (AvgIpc) is 2.73. The Balaban J connectivity index is 1.96. The lowest BCUT2D eigenvalue weighted by atomic mass is 9.80. The monoisotopic (exact) mass is 219 g/mol. The molecule has 5 nitrogen and oxygen atoms in total. The molecule has 0 amide bonds. The van der Waals surface area contributed by atoms with E-state index in [1.54, 1.807) is 6.20 Å². The van der Waals surface area contributed by atoms with Gasteiger partial charge in [-0.25, -0.2) is 10.9 Å². The third-order valence-electron chi connectivity index (χ3n) is 3.49. The lowest BCUT2D eigenvalue weighted by molar-refractivity contribution is -0.140. The van der Waals surface area contributed by atoms with Crippen molar-refractivity contribution in [3.8, 4) is 0 Å². The van der Waals surface area contributed by atoms with Crippen LogP contribution >= 0.6 is 0 Å². The summed E-state index contributed by atoms with van der Waals surface area (Å²) in [5.41, 5.74) is 8.16. The minimum Gasteiger partial charge on any atom is -0.480 e. The molecule has 3 N–H and O–H groups in total. The molecule has 3 rings (SSSR count). The smallest absolute Gasteiger partial charge is 0.322 e. The summed E-state index contributed by atoms with van der Waals surface area (Å²) in [6, 6.07) is 3.52. The van der Waals surface area contributed by atoms with Crippen molar-refractivity contribution in [2.75, 3.05) is 0 Å². The van der Waals surface area contributed by atoms with Gasteiger partial charge in [0.25, 0.3) is 0 Å². The number of carbonyl (C=O) groups is 1. The van der Waals surface area contributed by atoms with Crippen molar-refractivity contribution in [2.45, 2.75) is 24.9 Å². The van der Waals surface area contributed by atoms with Crippen molar-refractivity contribution in [1.82, 2.24) is 15.8 Å². The maximum absolute atomic E-state index is 11.1. The van der Waals surface area contributed by atoms with Gasteiger partial charge < -0.3 is 5.11 Å². The normalized spacial score (nSPS) is 31.9. The lowest BCUT2D eigenvalue weighted by Crippen LogP contribution is -2.38. The molecule has 1 aliphatic heterocycles. The van der Waals surface area contributed by atoms with Crippen LogP contribution in [0.3, 0.4) is 0 Å². The Labute approximate surface area is 92.9 Å². The summed E-state index contributed by atoms with van der Waals surface area (Å²) in [5.74, 6) is -0.665. The zero-order valence-corrected chi connectivity index (χ0v) is 8.68. The molecule has 0 bridgehead atoms. The Hall–Kier alpha value is -1.46. The predicted molar refractivity (Wildman–Crippen MR) is 56.5 cm³/mol. The van der Waals surface area contributed by atoms with E-state index in [1.807, 2.05) is 12.1 Å². The second-order valence-corrected chi connectivity index (χ2v) is 4.32. The predicted octanol–water partition coefficient (Wildman–Crippen LogP) is 0.246. The number of rotatable bonds is 1. The number of nitrogens with zero attached hydrogens (tertiary/aromatic N) is 1. The van der Waals surface area contributed by atoms with Gasteiger partial charge >= 0.3 is 5.97 Å². The van der Waals surface area contributed by atoms with Crippen LogP contribution < -0.4 is 10.9 Å². The molecule has 0 spiro atoms. The standard InChI is InChI=1S/C11H13N3O2/c15-11(16)10-7-3-4-8-6(2-1-5-12-8)9(7)13-14-10/h1-2,5,7,9-10,13-14H,3-4H2,(H,15,16). The number of pyridine rings is 1. The van der Waals surface area contributed by atoms with Gasteiger partial charge in [0.15, 0.2) is 0 Å². The van der Waals surface area contributed by atoms with Crippen LogP contribution in [-0.4, -0.2) is 22.1 Å². The second-order valence-electron chi connectivity index (χ2n) is 4.32. The molecule has 1 aliphatic carbocycles. The highest BCUT2D eigenvalue weighted by Gasteiger charge is 2.43. The van der Waals surface area contributed by atoms with Gasteiger partial charge in [-0.05, 0) is 24.5 Å². The average molecular weight is 219 g/mol. The highest BCUT2D eigenvalue weighted by atomic mass is 16.4. The molecule has 3 unspecified atom stereocenters. The Kier molecular flexibility index (Phi) is 2.15. The molecule has 2 heterocycles. The zero-order chi connectivity index (χ0) is 11.1. The van der Waals surface area contributed by atoms with Gasteiger partial charge in [0.2, 0.25) is 0 Å². The number of nitrogens with one attached hydrogen (secondary N) is 2. The zero-order valence-electron chi connectivity index (χ0n) is 8.68. The summed E-state index contributed by atoms with van der Waals surface area (Å²) in [6.45, 7) is 0. The molecule has 1 aromatic rings. The summed E-state index contributed by atoms with van der Waals surface area (Å²) < 4.78 is 0. The SMILES string of the molecule is O=C(O)C1NNC2c3cccnc3CCC12. The van der Waals surface area contributed by atoms with Crippen molar-refractivity contribution in [2.24, 2.45) is 5.92 Å². The van der Waals surface area contributed by atoms with Gasteiger partial charge in [0.1, 0.15) is 6.04 Å². The van der Waals surface area contributed by atoms with Crippen molar-refractivity contribution in [1.29, 1.82) is 0 Å². The molecule has 2 aliphatic rings. The highest BCUT2D eigenvalue weighted by Crippen LogP contribution is 2.37. The van der Waals surface area contributed by atoms with Crippen LogP contribution in [0.2, 0.25) is 0 Å². The third kappa shape index (κ3) is 1.32. The minimum absolute atomic E-state index is 0.0820. The summed E-state index contributed by atoms with van der Waals surface area (Å²) in [5, 5.41) is 9.08. The minimum atomic E-state index is -0.785. The van der Waals surface area contributed by atoms with Gasteiger partial charge in [0.05, 0.1) is 6.04 Å². The first-order chi connectivity index (χ1) is 7.77. The first-order valence-electron chi connectivity index (χ1n) is 5.45. The van der Waals surface area contributed by atoms with E-state index in [0.29, 0.717) is 0 Å². The van der Waals surface area contributed by atoms with E-state index in [-0.39, 0.29) is 12.0 Å². The molecule has 5 heteroatoms. The van der Waals surface area contributed by atoms with E-state index in [9.17, 15) is 4.79 Å². The lowest BCUT2D eigenvalue weighted by Gasteiger charge is -2.27. The van der Waals surface area contributed by atoms with E-state index >= 15 is 0 Å². The van der Waals surface area contributed by atoms with Gasteiger partial charge in [-0.2, -0.15) is 0 Å². The number of hydrogen-bond acceptors (Lipinski definition) is 4. The maximum Gasteiger partial charge on any atom is 0.322 e. The largest absolute Gasteiger partial charge is 0.480 e. The summed E-state index contributed by atoms with van der Waals surface area (Å²) in [4.78, 5) is 15.4. The maximum atomic E-state index is 11.1. The molecule has 16 heavy (non-hydrogen) atoms. The number of hydrogen-bond donors (Lipinski definition) is 3. The number of carboxylic acids is 1. The number of aliphatic carboxylic acids is 1. The van der Waals surface area contributed by atoms with E-state index in [0.717, 1.165) is 24.1 Å². The van der Waals surface area contributed by atoms with Gasteiger partial charge in [-0.1, -0.05) is 6.07 Å². The van der Waals surface area contributed by atoms with Crippen LogP contribution in [0.5, 0.6) is 0 Å². The molecular weight excluding hydrogens is 206 g/mol. The molecule has 1 aromatic heterocycles. The summed E-state index contributed by atoms with van der Waals surface area (Å²) >= 11 is 0. The van der Waals surface area contributed by atoms with Gasteiger partial charge in [0, 0.05) is 17.8 Å².